The van der Waals surface area contributed by atoms with Gasteiger partial charge in [0.05, 0.1) is 27.0 Å². The Bertz CT molecular complexity index is 1360. The number of pyridine rings is 1. The summed E-state index contributed by atoms with van der Waals surface area (Å²) in [6, 6.07) is 14.5. The Hall–Kier alpha value is -3.00. The monoisotopic (exact) mass is 481 g/mol. The van der Waals surface area contributed by atoms with Crippen LogP contribution in [-0.2, 0) is 23.8 Å². The lowest BCUT2D eigenvalue weighted by atomic mass is 9.86. The van der Waals surface area contributed by atoms with Crippen molar-refractivity contribution < 1.29 is 4.21 Å². The van der Waals surface area contributed by atoms with Gasteiger partial charge in [-0.2, -0.15) is 0 Å². The molecule has 0 saturated heterocycles. The van der Waals surface area contributed by atoms with Crippen molar-refractivity contribution in [3.05, 3.63) is 82.2 Å². The first-order chi connectivity index (χ1) is 15.5. The summed E-state index contributed by atoms with van der Waals surface area (Å²) in [6.45, 7) is 0. The van der Waals surface area contributed by atoms with Crippen LogP contribution < -0.4 is 10.5 Å². The smallest absolute Gasteiger partial charge is 0.220 e. The quantitative estimate of drug-likeness (QED) is 0.410. The standard InChI is InChI=1S/C23H17Cl2N5OS/c24-15-2-1-3-16(11-15)32(31)30-20-12-17-14(10-18(20)25)4-5-19-21(17)22(29-23(26)28-19)13-6-8-27-9-7-13/h1-3,6-12,30H,4-5H2,(H2,26,28,29). The van der Waals surface area contributed by atoms with Crippen LogP contribution in [0.4, 0.5) is 11.6 Å². The number of nitrogens with zero attached hydrogens (tertiary/aromatic N) is 3. The molecule has 1 aliphatic carbocycles. The molecule has 160 valence electrons. The number of rotatable bonds is 4. The molecule has 0 fully saturated rings. The molecule has 2 aromatic heterocycles. The zero-order valence-electron chi connectivity index (χ0n) is 16.7. The summed E-state index contributed by atoms with van der Waals surface area (Å²) in [5, 5.41) is 1.00. The molecule has 0 aliphatic heterocycles. The van der Waals surface area contributed by atoms with Crippen molar-refractivity contribution in [1.82, 2.24) is 15.0 Å². The van der Waals surface area contributed by atoms with Crippen LogP contribution in [0.2, 0.25) is 10.0 Å². The molecule has 2 aromatic carbocycles. The van der Waals surface area contributed by atoms with Crippen LogP contribution >= 0.6 is 23.2 Å². The van der Waals surface area contributed by atoms with Gasteiger partial charge in [0.1, 0.15) is 11.0 Å². The Balaban J connectivity index is 1.62. The number of aryl methyl sites for hydroxylation is 2. The van der Waals surface area contributed by atoms with Crippen LogP contribution in [0.5, 0.6) is 0 Å². The van der Waals surface area contributed by atoms with Crippen LogP contribution in [-0.4, -0.2) is 19.2 Å². The number of nitrogens with one attached hydrogen (secondary N) is 1. The molecule has 0 amide bonds. The molecule has 1 aliphatic rings. The minimum Gasteiger partial charge on any atom is -0.368 e. The van der Waals surface area contributed by atoms with E-state index in [0.29, 0.717) is 20.6 Å². The van der Waals surface area contributed by atoms with Crippen LogP contribution in [0.25, 0.3) is 22.4 Å². The second-order valence-electron chi connectivity index (χ2n) is 7.31. The van der Waals surface area contributed by atoms with Gasteiger partial charge in [-0.25, -0.2) is 14.2 Å². The summed E-state index contributed by atoms with van der Waals surface area (Å²) in [4.78, 5) is 13.7. The molecule has 1 unspecified atom stereocenters. The minimum absolute atomic E-state index is 0.230. The van der Waals surface area contributed by atoms with Gasteiger partial charge in [-0.15, -0.1) is 0 Å². The second-order valence-corrected chi connectivity index (χ2v) is 9.36. The third-order valence-electron chi connectivity index (χ3n) is 5.26. The number of nitrogen functional groups attached to an aromatic ring is 1. The van der Waals surface area contributed by atoms with Crippen molar-refractivity contribution in [2.24, 2.45) is 0 Å². The van der Waals surface area contributed by atoms with Crippen molar-refractivity contribution in [1.29, 1.82) is 0 Å². The van der Waals surface area contributed by atoms with Crippen molar-refractivity contribution in [2.45, 2.75) is 17.7 Å². The lowest BCUT2D eigenvalue weighted by Gasteiger charge is -2.23. The first kappa shape index (κ1) is 20.9. The fourth-order valence-corrected chi connectivity index (χ4v) is 5.30. The summed E-state index contributed by atoms with van der Waals surface area (Å²) in [6.07, 6.45) is 4.93. The first-order valence-electron chi connectivity index (χ1n) is 9.83. The van der Waals surface area contributed by atoms with E-state index in [1.54, 1.807) is 36.7 Å². The number of aromatic nitrogens is 3. The maximum Gasteiger partial charge on any atom is 0.220 e. The summed E-state index contributed by atoms with van der Waals surface area (Å²) in [5.41, 5.74) is 12.0. The SMILES string of the molecule is Nc1nc2c(c(-c3ccncc3)n1)-c1cc(NS(=O)c3cccc(Cl)c3)c(Cl)cc1CC2. The minimum atomic E-state index is -1.54. The molecule has 0 spiro atoms. The Morgan fingerprint density at radius 3 is 2.59 bits per heavy atom. The van der Waals surface area contributed by atoms with Crippen molar-refractivity contribution in [3.8, 4) is 22.4 Å². The average Bonchev–Trinajstić information content (AvgIpc) is 2.79. The highest BCUT2D eigenvalue weighted by atomic mass is 35.5. The third kappa shape index (κ3) is 3.95. The fourth-order valence-electron chi connectivity index (χ4n) is 3.84. The zero-order chi connectivity index (χ0) is 22.2. The van der Waals surface area contributed by atoms with E-state index in [9.17, 15) is 4.21 Å². The Morgan fingerprint density at radius 1 is 1.00 bits per heavy atom. The van der Waals surface area contributed by atoms with E-state index >= 15 is 0 Å². The van der Waals surface area contributed by atoms with Gasteiger partial charge in [0, 0.05) is 28.5 Å². The molecule has 0 saturated carbocycles. The van der Waals surface area contributed by atoms with E-state index < -0.39 is 11.0 Å². The molecule has 0 radical (unpaired) electrons. The highest BCUT2D eigenvalue weighted by Gasteiger charge is 2.25. The normalized spacial score (nSPS) is 13.2. The molecule has 9 heteroatoms. The molecule has 32 heavy (non-hydrogen) atoms. The molecular weight excluding hydrogens is 465 g/mol. The molecule has 3 N–H and O–H groups in total. The number of nitrogens with two attached hydrogens (primary N) is 1. The van der Waals surface area contributed by atoms with Crippen LogP contribution in [0.15, 0.2) is 65.8 Å². The lowest BCUT2D eigenvalue weighted by molar-refractivity contribution is 0.686. The predicted octanol–water partition coefficient (Wildman–Crippen LogP) is 5.33. The van der Waals surface area contributed by atoms with Crippen molar-refractivity contribution in [2.75, 3.05) is 10.5 Å². The van der Waals surface area contributed by atoms with Gasteiger partial charge in [0.25, 0.3) is 0 Å². The zero-order valence-corrected chi connectivity index (χ0v) is 19.0. The van der Waals surface area contributed by atoms with E-state index in [4.69, 9.17) is 28.9 Å². The van der Waals surface area contributed by atoms with Gasteiger partial charge in [-0.1, -0.05) is 29.3 Å². The topological polar surface area (TPSA) is 93.8 Å². The number of anilines is 2. The second kappa shape index (κ2) is 8.50. The van der Waals surface area contributed by atoms with Gasteiger partial charge in [-0.05, 0) is 66.4 Å². The maximum atomic E-state index is 12.9. The number of hydrogen-bond acceptors (Lipinski definition) is 5. The Labute approximate surface area is 197 Å². The number of halogens is 2. The Morgan fingerprint density at radius 2 is 1.81 bits per heavy atom. The molecule has 0 bridgehead atoms. The highest BCUT2D eigenvalue weighted by Crippen LogP contribution is 2.42. The number of hydrogen-bond donors (Lipinski definition) is 2. The van der Waals surface area contributed by atoms with Gasteiger partial charge in [-0.3, -0.25) is 9.71 Å². The van der Waals surface area contributed by atoms with Gasteiger partial charge >= 0.3 is 0 Å². The predicted molar refractivity (Wildman–Crippen MR) is 129 cm³/mol. The summed E-state index contributed by atoms with van der Waals surface area (Å²) in [7, 11) is -1.54. The molecule has 4 aromatic rings. The van der Waals surface area contributed by atoms with Gasteiger partial charge in [0.2, 0.25) is 5.95 Å². The first-order valence-corrected chi connectivity index (χ1v) is 11.7. The van der Waals surface area contributed by atoms with E-state index in [-0.39, 0.29) is 5.95 Å². The highest BCUT2D eigenvalue weighted by molar-refractivity contribution is 7.86. The summed E-state index contributed by atoms with van der Waals surface area (Å²) in [5.74, 6) is 0.230. The number of benzene rings is 2. The van der Waals surface area contributed by atoms with E-state index in [1.807, 2.05) is 24.3 Å². The molecule has 6 nitrogen and oxygen atoms in total. The lowest BCUT2D eigenvalue weighted by Crippen LogP contribution is -2.12. The molecule has 5 rings (SSSR count). The van der Waals surface area contributed by atoms with E-state index in [0.717, 1.165) is 46.5 Å². The summed E-state index contributed by atoms with van der Waals surface area (Å²) >= 11 is 12.6. The fraction of sp³-hybridized carbons (Fsp3) is 0.0870. The van der Waals surface area contributed by atoms with Crippen LogP contribution in [0, 0.1) is 0 Å². The van der Waals surface area contributed by atoms with Crippen LogP contribution in [0.1, 0.15) is 11.3 Å². The molecule has 1 atom stereocenters. The number of fused-ring (bicyclic) bond motifs is 3. The Kier molecular flexibility index (Phi) is 5.55. The average molecular weight is 482 g/mol. The largest absolute Gasteiger partial charge is 0.368 e. The third-order valence-corrected chi connectivity index (χ3v) is 6.90. The summed E-state index contributed by atoms with van der Waals surface area (Å²) < 4.78 is 15.9. The van der Waals surface area contributed by atoms with Gasteiger partial charge in [0.15, 0.2) is 0 Å². The van der Waals surface area contributed by atoms with Crippen molar-refractivity contribution >= 4 is 45.8 Å². The van der Waals surface area contributed by atoms with E-state index in [2.05, 4.69) is 19.7 Å². The van der Waals surface area contributed by atoms with Gasteiger partial charge < -0.3 is 5.73 Å². The maximum absolute atomic E-state index is 12.9. The molecule has 2 heterocycles. The van der Waals surface area contributed by atoms with E-state index in [1.165, 1.54) is 0 Å². The molecular formula is C23H17Cl2N5OS. The van der Waals surface area contributed by atoms with Crippen molar-refractivity contribution in [3.63, 3.8) is 0 Å². The van der Waals surface area contributed by atoms with Crippen LogP contribution in [0.3, 0.4) is 0 Å².